The summed E-state index contributed by atoms with van der Waals surface area (Å²) in [7, 11) is 1.36. The monoisotopic (exact) mass is 603 g/mol. The zero-order valence-electron chi connectivity index (χ0n) is 21.7. The van der Waals surface area contributed by atoms with E-state index >= 15 is 0 Å². The van der Waals surface area contributed by atoms with Gasteiger partial charge in [0.2, 0.25) is 0 Å². The van der Waals surface area contributed by atoms with E-state index in [0.717, 1.165) is 35.4 Å². The van der Waals surface area contributed by atoms with E-state index in [9.17, 15) is 32.9 Å². The number of amides is 2. The molecule has 0 radical (unpaired) electrons. The average molecular weight is 604 g/mol. The van der Waals surface area contributed by atoms with Crippen LogP contribution >= 0.6 is 11.6 Å². The molecule has 4 heterocycles. The molecule has 17 heteroatoms. The first-order valence-electron chi connectivity index (χ1n) is 12.3. The van der Waals surface area contributed by atoms with E-state index in [1.165, 1.54) is 29.8 Å². The lowest BCUT2D eigenvalue weighted by molar-refractivity contribution is -0.385. The largest absolute Gasteiger partial charge is 0.435 e. The number of anilines is 1. The lowest BCUT2D eigenvalue weighted by atomic mass is 10.1. The van der Waals surface area contributed by atoms with Gasteiger partial charge in [-0.2, -0.15) is 18.3 Å². The minimum absolute atomic E-state index is 0.0735. The van der Waals surface area contributed by atoms with Crippen molar-refractivity contribution in [3.63, 3.8) is 0 Å². The van der Waals surface area contributed by atoms with Gasteiger partial charge in [-0.25, -0.2) is 14.6 Å². The van der Waals surface area contributed by atoms with Gasteiger partial charge in [0.05, 0.1) is 33.0 Å². The molecule has 0 atom stereocenters. The molecule has 1 aliphatic rings. The van der Waals surface area contributed by atoms with Crippen molar-refractivity contribution in [1.29, 1.82) is 0 Å². The zero-order chi connectivity index (χ0) is 30.2. The highest BCUT2D eigenvalue weighted by Crippen LogP contribution is 2.37. The third-order valence-electron chi connectivity index (χ3n) is 6.49. The highest BCUT2D eigenvalue weighted by molar-refractivity contribution is 6.34. The first-order chi connectivity index (χ1) is 19.9. The van der Waals surface area contributed by atoms with Crippen molar-refractivity contribution < 1.29 is 27.7 Å². The second-order valence-electron chi connectivity index (χ2n) is 9.18. The summed E-state index contributed by atoms with van der Waals surface area (Å²) >= 11 is 6.34. The summed E-state index contributed by atoms with van der Waals surface area (Å²) in [6.45, 7) is 2.41. The second kappa shape index (κ2) is 11.2. The predicted octanol–water partition coefficient (Wildman–Crippen LogP) is 3.55. The first-order valence-corrected chi connectivity index (χ1v) is 12.7. The lowest BCUT2D eigenvalue weighted by Crippen LogP contribution is -2.46. The molecule has 1 saturated heterocycles. The van der Waals surface area contributed by atoms with Gasteiger partial charge < -0.3 is 20.1 Å². The number of imidazole rings is 1. The Balaban J connectivity index is 1.39. The fourth-order valence-corrected chi connectivity index (χ4v) is 4.63. The topological polar surface area (TPSA) is 153 Å². The number of benzene rings is 1. The third-order valence-corrected chi connectivity index (χ3v) is 6.80. The van der Waals surface area contributed by atoms with Crippen molar-refractivity contribution in [3.05, 3.63) is 81.1 Å². The number of alkyl halides is 3. The maximum Gasteiger partial charge on any atom is 0.435 e. The number of rotatable bonds is 6. The number of nitrogens with zero attached hydrogens (tertiary/aromatic N) is 7. The summed E-state index contributed by atoms with van der Waals surface area (Å²) in [5, 5.41) is 20.4. The molecule has 0 spiro atoms. The maximum atomic E-state index is 13.9. The van der Waals surface area contributed by atoms with Crippen LogP contribution in [0.15, 0.2) is 48.9 Å². The number of carbonyl (C=O) groups excluding carboxylic acids is 2. The number of nitrogens with one attached hydrogen (secondary N) is 2. The summed E-state index contributed by atoms with van der Waals surface area (Å²) in [5.74, 6) is -1.28. The quantitative estimate of drug-likeness (QED) is 0.251. The summed E-state index contributed by atoms with van der Waals surface area (Å²) < 4.78 is 43.8. The van der Waals surface area contributed by atoms with Crippen LogP contribution in [0.2, 0.25) is 5.02 Å². The van der Waals surface area contributed by atoms with Gasteiger partial charge in [0, 0.05) is 51.2 Å². The number of hydrogen-bond donors (Lipinski definition) is 2. The van der Waals surface area contributed by atoms with Gasteiger partial charge in [0.1, 0.15) is 6.20 Å². The van der Waals surface area contributed by atoms with Crippen LogP contribution in [0.1, 0.15) is 26.7 Å². The van der Waals surface area contributed by atoms with Gasteiger partial charge in [-0.15, -0.1) is 0 Å². The Hall–Kier alpha value is -4.83. The molecule has 4 aromatic rings. The maximum absolute atomic E-state index is 13.9. The van der Waals surface area contributed by atoms with Crippen LogP contribution in [0, 0.1) is 10.1 Å². The molecule has 1 fully saturated rings. The predicted molar refractivity (Wildman–Crippen MR) is 143 cm³/mol. The number of pyridine rings is 1. The van der Waals surface area contributed by atoms with E-state index < -0.39 is 28.3 Å². The third kappa shape index (κ3) is 5.66. The van der Waals surface area contributed by atoms with Crippen LogP contribution in [-0.4, -0.2) is 72.1 Å². The summed E-state index contributed by atoms with van der Waals surface area (Å²) in [5.41, 5.74) is -1.55. The van der Waals surface area contributed by atoms with Gasteiger partial charge in [0.15, 0.2) is 17.3 Å². The van der Waals surface area contributed by atoms with Gasteiger partial charge in [-0.05, 0) is 24.3 Å². The van der Waals surface area contributed by atoms with Crippen molar-refractivity contribution in [3.8, 4) is 17.1 Å². The highest BCUT2D eigenvalue weighted by Gasteiger charge is 2.39. The molecule has 0 aliphatic carbocycles. The van der Waals surface area contributed by atoms with Crippen LogP contribution in [0.3, 0.4) is 0 Å². The molecule has 2 amide bonds. The molecular weight excluding hydrogens is 583 g/mol. The fourth-order valence-electron chi connectivity index (χ4n) is 4.37. The number of piperazine rings is 1. The van der Waals surface area contributed by atoms with Gasteiger partial charge in [-0.3, -0.25) is 19.7 Å². The van der Waals surface area contributed by atoms with Crippen LogP contribution < -0.4 is 10.6 Å². The lowest BCUT2D eigenvalue weighted by Gasteiger charge is -2.27. The van der Waals surface area contributed by atoms with Crippen LogP contribution in [-0.2, 0) is 13.2 Å². The van der Waals surface area contributed by atoms with E-state index in [1.54, 1.807) is 4.90 Å². The van der Waals surface area contributed by atoms with Gasteiger partial charge in [-0.1, -0.05) is 11.6 Å². The molecule has 1 aliphatic heterocycles. The SMILES string of the molecule is Cn1c(-c2cn(-c3ccc([N+](=O)[O-])cn3)nc2C(F)(F)F)cnc1C(=O)Nc1ccc(C(=O)N2CCNCC2)c(Cl)c1. The van der Waals surface area contributed by atoms with E-state index in [0.29, 0.717) is 26.2 Å². The molecule has 2 N–H and O–H groups in total. The van der Waals surface area contributed by atoms with E-state index in [-0.39, 0.29) is 45.2 Å². The molecular formula is C25H21ClF3N9O4. The molecule has 13 nitrogen and oxygen atoms in total. The Morgan fingerprint density at radius 3 is 2.48 bits per heavy atom. The smallest absolute Gasteiger partial charge is 0.336 e. The highest BCUT2D eigenvalue weighted by atomic mass is 35.5. The Bertz CT molecular complexity index is 1680. The standard InChI is InChI=1S/C25H21ClF3N9O4/c1-35-19(17-13-37(34-21(17)25(27,28)29)20-5-3-15(11-31-20)38(41)42)12-32-22(35)23(39)33-14-2-4-16(18(26)10-14)24(40)36-8-6-30-7-9-36/h2-5,10-13,30H,6-9H2,1H3,(H,33,39). The Morgan fingerprint density at radius 1 is 1.12 bits per heavy atom. The normalized spacial score (nSPS) is 13.7. The summed E-state index contributed by atoms with van der Waals surface area (Å²) in [6.07, 6.45) is -1.84. The fraction of sp³-hybridized carbons (Fsp3) is 0.240. The Morgan fingerprint density at radius 2 is 1.86 bits per heavy atom. The van der Waals surface area contributed by atoms with Gasteiger partial charge in [0.25, 0.3) is 17.5 Å². The van der Waals surface area contributed by atoms with Gasteiger partial charge >= 0.3 is 6.18 Å². The summed E-state index contributed by atoms with van der Waals surface area (Å²) in [4.78, 5) is 45.5. The van der Waals surface area contributed by atoms with Crippen molar-refractivity contribution in [2.24, 2.45) is 7.05 Å². The van der Waals surface area contributed by atoms with E-state index in [4.69, 9.17) is 11.6 Å². The molecule has 42 heavy (non-hydrogen) atoms. The minimum Gasteiger partial charge on any atom is -0.336 e. The van der Waals surface area contributed by atoms with Crippen molar-refractivity contribution in [2.45, 2.75) is 6.18 Å². The number of aromatic nitrogens is 5. The first kappa shape index (κ1) is 28.7. The zero-order valence-corrected chi connectivity index (χ0v) is 22.5. The average Bonchev–Trinajstić information content (AvgIpc) is 3.57. The number of carbonyl (C=O) groups is 2. The summed E-state index contributed by atoms with van der Waals surface area (Å²) in [6, 6.07) is 6.63. The molecule has 0 unspecified atom stereocenters. The number of hydrogen-bond acceptors (Lipinski definition) is 8. The molecule has 0 saturated carbocycles. The van der Waals surface area contributed by atoms with Crippen LogP contribution in [0.4, 0.5) is 24.5 Å². The van der Waals surface area contributed by atoms with Crippen molar-refractivity contribution in [1.82, 2.24) is 34.5 Å². The molecule has 218 valence electrons. The van der Waals surface area contributed by atoms with Crippen molar-refractivity contribution in [2.75, 3.05) is 31.5 Å². The molecule has 3 aromatic heterocycles. The van der Waals surface area contributed by atoms with Crippen LogP contribution in [0.5, 0.6) is 0 Å². The van der Waals surface area contributed by atoms with E-state index in [1.807, 2.05) is 0 Å². The number of nitro groups is 1. The minimum atomic E-state index is -4.88. The Kier molecular flexibility index (Phi) is 7.66. The molecule has 0 bridgehead atoms. The molecule has 1 aromatic carbocycles. The molecule has 5 rings (SSSR count). The van der Waals surface area contributed by atoms with Crippen LogP contribution in [0.25, 0.3) is 17.1 Å². The number of halogens is 4. The Labute approximate surface area is 240 Å². The second-order valence-corrected chi connectivity index (χ2v) is 9.59. The van der Waals surface area contributed by atoms with Crippen molar-refractivity contribution >= 4 is 34.8 Å². The van der Waals surface area contributed by atoms with E-state index in [2.05, 4.69) is 25.7 Å².